The molecule has 0 aliphatic carbocycles. The zero-order valence-corrected chi connectivity index (χ0v) is 13.9. The minimum atomic E-state index is -0.234. The molecule has 0 atom stereocenters. The monoisotopic (exact) mass is 337 g/mol. The fourth-order valence-electron chi connectivity index (χ4n) is 2.69. The summed E-state index contributed by atoms with van der Waals surface area (Å²) < 4.78 is 18.5. The van der Waals surface area contributed by atoms with E-state index < -0.39 is 0 Å². The Morgan fingerprint density at radius 1 is 0.960 bits per heavy atom. The zero-order chi connectivity index (χ0) is 17.5. The van der Waals surface area contributed by atoms with Gasteiger partial charge in [0, 0.05) is 11.9 Å². The molecule has 4 heteroatoms. The van der Waals surface area contributed by atoms with Gasteiger partial charge in [-0.25, -0.2) is 4.39 Å². The summed E-state index contributed by atoms with van der Waals surface area (Å²) in [5.41, 5.74) is 1.06. The Kier molecular flexibility index (Phi) is 5.62. The highest BCUT2D eigenvalue weighted by molar-refractivity contribution is 5.88. The van der Waals surface area contributed by atoms with Crippen molar-refractivity contribution >= 4 is 16.7 Å². The summed E-state index contributed by atoms with van der Waals surface area (Å²) in [4.78, 5) is 11.9. The van der Waals surface area contributed by atoms with Crippen LogP contribution in [0, 0.1) is 5.82 Å². The van der Waals surface area contributed by atoms with Crippen LogP contribution in [0.15, 0.2) is 66.7 Å². The lowest BCUT2D eigenvalue weighted by Gasteiger charge is -2.10. The molecule has 3 aromatic rings. The number of ether oxygens (including phenoxy) is 1. The van der Waals surface area contributed by atoms with Crippen LogP contribution in [0.4, 0.5) is 4.39 Å². The van der Waals surface area contributed by atoms with Crippen molar-refractivity contribution in [2.24, 2.45) is 0 Å². The van der Waals surface area contributed by atoms with Crippen molar-refractivity contribution in [1.29, 1.82) is 0 Å². The number of carbonyl (C=O) groups is 1. The number of nitrogens with one attached hydrogen (secondary N) is 1. The number of halogens is 1. The molecule has 0 aromatic heterocycles. The van der Waals surface area contributed by atoms with Gasteiger partial charge in [0.05, 0.1) is 0 Å². The van der Waals surface area contributed by atoms with Crippen molar-refractivity contribution in [3.63, 3.8) is 0 Å². The van der Waals surface area contributed by atoms with E-state index in [1.807, 2.05) is 42.5 Å². The summed E-state index contributed by atoms with van der Waals surface area (Å²) in [6.45, 7) is 0.555. The number of hydrogen-bond acceptors (Lipinski definition) is 2. The Morgan fingerprint density at radius 2 is 1.72 bits per heavy atom. The average Bonchev–Trinajstić information content (AvgIpc) is 2.65. The first-order valence-corrected chi connectivity index (χ1v) is 8.34. The minimum absolute atomic E-state index is 0.00937. The molecule has 0 saturated carbocycles. The van der Waals surface area contributed by atoms with Crippen LogP contribution in [0.2, 0.25) is 0 Å². The molecular formula is C21H20FNO2. The second-order valence-corrected chi connectivity index (χ2v) is 5.85. The molecule has 0 heterocycles. The van der Waals surface area contributed by atoms with E-state index in [9.17, 15) is 9.18 Å². The highest BCUT2D eigenvalue weighted by atomic mass is 19.1. The first-order chi connectivity index (χ1) is 12.2. The third-order valence-electron chi connectivity index (χ3n) is 3.99. The molecular weight excluding hydrogens is 317 g/mol. The number of fused-ring (bicyclic) bond motifs is 1. The lowest BCUT2D eigenvalue weighted by Crippen LogP contribution is -2.29. The van der Waals surface area contributed by atoms with Gasteiger partial charge < -0.3 is 10.1 Å². The fourth-order valence-corrected chi connectivity index (χ4v) is 2.69. The normalized spacial score (nSPS) is 10.6. The molecule has 0 radical (unpaired) electrons. The van der Waals surface area contributed by atoms with Crippen molar-refractivity contribution in [1.82, 2.24) is 5.32 Å². The van der Waals surface area contributed by atoms with Gasteiger partial charge in [-0.2, -0.15) is 0 Å². The molecule has 128 valence electrons. The molecule has 25 heavy (non-hydrogen) atoms. The average molecular weight is 337 g/mol. The van der Waals surface area contributed by atoms with Crippen LogP contribution < -0.4 is 10.1 Å². The highest BCUT2D eigenvalue weighted by Crippen LogP contribution is 2.24. The van der Waals surface area contributed by atoms with Crippen molar-refractivity contribution in [3.05, 3.63) is 78.1 Å². The van der Waals surface area contributed by atoms with Gasteiger partial charge in [0.25, 0.3) is 5.91 Å². The quantitative estimate of drug-likeness (QED) is 0.659. The number of hydrogen-bond donors (Lipinski definition) is 1. The molecule has 1 N–H and O–H groups in total. The lowest BCUT2D eigenvalue weighted by atomic mass is 10.1. The van der Waals surface area contributed by atoms with Crippen molar-refractivity contribution in [2.45, 2.75) is 12.8 Å². The van der Waals surface area contributed by atoms with E-state index in [2.05, 4.69) is 5.32 Å². The SMILES string of the molecule is O=C(COc1cccc2ccccc12)NCCCc1ccc(F)cc1. The zero-order valence-electron chi connectivity index (χ0n) is 13.9. The maximum absolute atomic E-state index is 12.8. The highest BCUT2D eigenvalue weighted by Gasteiger charge is 2.05. The maximum Gasteiger partial charge on any atom is 0.257 e. The molecule has 3 nitrogen and oxygen atoms in total. The predicted molar refractivity (Wildman–Crippen MR) is 97.2 cm³/mol. The van der Waals surface area contributed by atoms with E-state index in [-0.39, 0.29) is 18.3 Å². The summed E-state index contributed by atoms with van der Waals surface area (Å²) in [6.07, 6.45) is 1.59. The van der Waals surface area contributed by atoms with E-state index in [0.29, 0.717) is 12.3 Å². The number of aryl methyl sites for hydroxylation is 1. The van der Waals surface area contributed by atoms with E-state index in [4.69, 9.17) is 4.74 Å². The first-order valence-electron chi connectivity index (χ1n) is 8.34. The van der Waals surface area contributed by atoms with Crippen LogP contribution in [-0.2, 0) is 11.2 Å². The third kappa shape index (κ3) is 4.80. The van der Waals surface area contributed by atoms with E-state index in [0.717, 1.165) is 29.2 Å². The molecule has 3 aromatic carbocycles. The molecule has 3 rings (SSSR count). The van der Waals surface area contributed by atoms with Gasteiger partial charge in [0.2, 0.25) is 0 Å². The number of carbonyl (C=O) groups excluding carboxylic acids is 1. The maximum atomic E-state index is 12.8. The van der Waals surface area contributed by atoms with Gasteiger partial charge in [-0.05, 0) is 42.0 Å². The van der Waals surface area contributed by atoms with Gasteiger partial charge in [-0.3, -0.25) is 4.79 Å². The van der Waals surface area contributed by atoms with Gasteiger partial charge >= 0.3 is 0 Å². The minimum Gasteiger partial charge on any atom is -0.483 e. The van der Waals surface area contributed by atoms with Crippen LogP contribution in [0.25, 0.3) is 10.8 Å². The van der Waals surface area contributed by atoms with Gasteiger partial charge in [-0.1, -0.05) is 48.5 Å². The number of amides is 1. The number of benzene rings is 3. The second kappa shape index (κ2) is 8.29. The molecule has 0 bridgehead atoms. The van der Waals surface area contributed by atoms with E-state index in [1.54, 1.807) is 12.1 Å². The summed E-state index contributed by atoms with van der Waals surface area (Å²) in [5, 5.41) is 4.92. The molecule has 0 fully saturated rings. The Bertz CT molecular complexity index is 841. The number of rotatable bonds is 7. The smallest absolute Gasteiger partial charge is 0.257 e. The topological polar surface area (TPSA) is 38.3 Å². The van der Waals surface area contributed by atoms with E-state index >= 15 is 0 Å². The summed E-state index contributed by atoms with van der Waals surface area (Å²) in [5.74, 6) is 0.328. The van der Waals surface area contributed by atoms with Crippen molar-refractivity contribution < 1.29 is 13.9 Å². The van der Waals surface area contributed by atoms with Gasteiger partial charge in [-0.15, -0.1) is 0 Å². The van der Waals surface area contributed by atoms with Crippen LogP contribution in [-0.4, -0.2) is 19.1 Å². The van der Waals surface area contributed by atoms with Gasteiger partial charge in [0.1, 0.15) is 11.6 Å². The van der Waals surface area contributed by atoms with E-state index in [1.165, 1.54) is 12.1 Å². The van der Waals surface area contributed by atoms with Crippen LogP contribution >= 0.6 is 0 Å². The Hall–Kier alpha value is -2.88. The third-order valence-corrected chi connectivity index (χ3v) is 3.99. The van der Waals surface area contributed by atoms with Crippen molar-refractivity contribution in [3.8, 4) is 5.75 Å². The summed E-state index contributed by atoms with van der Waals surface area (Å²) in [6, 6.07) is 20.1. The summed E-state index contributed by atoms with van der Waals surface area (Å²) >= 11 is 0. The fraction of sp³-hybridized carbons (Fsp3) is 0.190. The van der Waals surface area contributed by atoms with Crippen LogP contribution in [0.1, 0.15) is 12.0 Å². The Labute approximate surface area is 146 Å². The molecule has 0 aliphatic heterocycles. The Balaban J connectivity index is 1.42. The standard InChI is InChI=1S/C21H20FNO2/c22-18-12-10-16(11-13-18)5-4-14-23-21(24)15-25-20-9-3-7-17-6-1-2-8-19(17)20/h1-3,6-13H,4-5,14-15H2,(H,23,24). The lowest BCUT2D eigenvalue weighted by molar-refractivity contribution is -0.123. The molecule has 0 saturated heterocycles. The molecule has 1 amide bonds. The van der Waals surface area contributed by atoms with Crippen LogP contribution in [0.3, 0.4) is 0 Å². The Morgan fingerprint density at radius 3 is 2.56 bits per heavy atom. The van der Waals surface area contributed by atoms with Crippen LogP contribution in [0.5, 0.6) is 5.75 Å². The summed E-state index contributed by atoms with van der Waals surface area (Å²) in [7, 11) is 0. The second-order valence-electron chi connectivity index (χ2n) is 5.85. The molecule has 0 unspecified atom stereocenters. The molecule has 0 spiro atoms. The van der Waals surface area contributed by atoms with Crippen molar-refractivity contribution in [2.75, 3.05) is 13.2 Å². The largest absolute Gasteiger partial charge is 0.483 e. The predicted octanol–water partition coefficient (Wildman–Crippen LogP) is 4.11. The van der Waals surface area contributed by atoms with Gasteiger partial charge in [0.15, 0.2) is 6.61 Å². The molecule has 0 aliphatic rings. The first kappa shape index (κ1) is 17.0.